The van der Waals surface area contributed by atoms with Gasteiger partial charge in [0.1, 0.15) is 11.5 Å². The second-order valence-electron chi connectivity index (χ2n) is 6.52. The Balaban J connectivity index is 1.72. The molecule has 0 spiro atoms. The topological polar surface area (TPSA) is 72.5 Å². The van der Waals surface area contributed by atoms with E-state index in [0.29, 0.717) is 22.7 Å². The monoisotopic (exact) mass is 395 g/mol. The number of hydrogen-bond donors (Lipinski definition) is 1. The molecule has 6 heteroatoms. The summed E-state index contributed by atoms with van der Waals surface area (Å²) >= 11 is 0. The van der Waals surface area contributed by atoms with Gasteiger partial charge in [0, 0.05) is 17.3 Å². The summed E-state index contributed by atoms with van der Waals surface area (Å²) in [7, 11) is -3.36. The first-order chi connectivity index (χ1) is 13.4. The van der Waals surface area contributed by atoms with Crippen molar-refractivity contribution in [2.24, 2.45) is 0 Å². The Morgan fingerprint density at radius 3 is 2.14 bits per heavy atom. The number of benzene rings is 3. The lowest BCUT2D eigenvalue weighted by Crippen LogP contribution is -2.15. The van der Waals surface area contributed by atoms with Crippen LogP contribution in [-0.4, -0.2) is 19.6 Å². The van der Waals surface area contributed by atoms with Crippen LogP contribution in [0.2, 0.25) is 0 Å². The molecule has 3 rings (SSSR count). The Labute approximate surface area is 164 Å². The molecule has 0 aliphatic rings. The zero-order valence-electron chi connectivity index (χ0n) is 15.6. The first kappa shape index (κ1) is 19.6. The Bertz CT molecular complexity index is 1060. The van der Waals surface area contributed by atoms with Gasteiger partial charge in [0.15, 0.2) is 9.84 Å². The van der Waals surface area contributed by atoms with E-state index in [2.05, 4.69) is 5.32 Å². The molecule has 144 valence electrons. The van der Waals surface area contributed by atoms with Crippen LogP contribution in [-0.2, 0) is 9.84 Å². The first-order valence-corrected chi connectivity index (χ1v) is 10.4. The van der Waals surface area contributed by atoms with Crippen molar-refractivity contribution in [3.8, 4) is 11.5 Å². The number of nitrogens with one attached hydrogen (secondary N) is 1. The van der Waals surface area contributed by atoms with E-state index in [9.17, 15) is 13.2 Å². The fourth-order valence-electron chi connectivity index (χ4n) is 2.53. The standard InChI is InChI=1S/C22H21NO4S/c1-16(2)28(25,26)21-13-11-17(12-14-21)22(24)23-18-7-6-10-20(15-18)27-19-8-4-3-5-9-19/h3-16H,1-2H3,(H,23,24). The SMILES string of the molecule is CC(C)S(=O)(=O)c1ccc(C(=O)Nc2cccc(Oc3ccccc3)c2)cc1. The number of ether oxygens (including phenoxy) is 1. The van der Waals surface area contributed by atoms with E-state index in [4.69, 9.17) is 4.74 Å². The fourth-order valence-corrected chi connectivity index (χ4v) is 3.59. The molecule has 5 nitrogen and oxygen atoms in total. The summed E-state index contributed by atoms with van der Waals surface area (Å²) in [6.07, 6.45) is 0. The molecule has 0 aliphatic carbocycles. The molecule has 0 aliphatic heterocycles. The first-order valence-electron chi connectivity index (χ1n) is 8.84. The van der Waals surface area contributed by atoms with Crippen LogP contribution in [0.3, 0.4) is 0 Å². The second-order valence-corrected chi connectivity index (χ2v) is 9.02. The average Bonchev–Trinajstić information content (AvgIpc) is 2.69. The number of para-hydroxylation sites is 1. The van der Waals surface area contributed by atoms with Crippen molar-refractivity contribution in [1.82, 2.24) is 0 Å². The van der Waals surface area contributed by atoms with E-state index in [1.807, 2.05) is 30.3 Å². The number of anilines is 1. The van der Waals surface area contributed by atoms with Crippen molar-refractivity contribution < 1.29 is 17.9 Å². The third-order valence-corrected chi connectivity index (χ3v) is 6.31. The van der Waals surface area contributed by atoms with Gasteiger partial charge >= 0.3 is 0 Å². The van der Waals surface area contributed by atoms with Crippen molar-refractivity contribution in [3.63, 3.8) is 0 Å². The van der Waals surface area contributed by atoms with Crippen LogP contribution in [0.15, 0.2) is 83.8 Å². The second kappa shape index (κ2) is 8.27. The predicted molar refractivity (Wildman–Crippen MR) is 110 cm³/mol. The van der Waals surface area contributed by atoms with Gasteiger partial charge in [-0.3, -0.25) is 4.79 Å². The summed E-state index contributed by atoms with van der Waals surface area (Å²) in [5, 5.41) is 2.28. The van der Waals surface area contributed by atoms with Crippen molar-refractivity contribution in [2.75, 3.05) is 5.32 Å². The lowest BCUT2D eigenvalue weighted by molar-refractivity contribution is 0.102. The highest BCUT2D eigenvalue weighted by Gasteiger charge is 2.19. The molecular weight excluding hydrogens is 374 g/mol. The molecule has 1 amide bonds. The number of rotatable bonds is 6. The molecule has 0 saturated carbocycles. The molecule has 0 atom stereocenters. The lowest BCUT2D eigenvalue weighted by atomic mass is 10.2. The molecule has 3 aromatic carbocycles. The molecule has 0 heterocycles. The highest BCUT2D eigenvalue weighted by atomic mass is 32.2. The normalized spacial score (nSPS) is 11.2. The van der Waals surface area contributed by atoms with Crippen molar-refractivity contribution in [2.45, 2.75) is 24.0 Å². The van der Waals surface area contributed by atoms with Crippen molar-refractivity contribution >= 4 is 21.4 Å². The molecule has 0 aromatic heterocycles. The Morgan fingerprint density at radius 2 is 1.50 bits per heavy atom. The Morgan fingerprint density at radius 1 is 0.857 bits per heavy atom. The maximum absolute atomic E-state index is 12.5. The van der Waals surface area contributed by atoms with Crippen molar-refractivity contribution in [1.29, 1.82) is 0 Å². The molecular formula is C22H21NO4S. The van der Waals surface area contributed by atoms with E-state index < -0.39 is 15.1 Å². The van der Waals surface area contributed by atoms with E-state index >= 15 is 0 Å². The third kappa shape index (κ3) is 4.58. The molecule has 0 radical (unpaired) electrons. The minimum atomic E-state index is -3.36. The van der Waals surface area contributed by atoms with Crippen LogP contribution in [0.4, 0.5) is 5.69 Å². The molecule has 0 fully saturated rings. The highest BCUT2D eigenvalue weighted by Crippen LogP contribution is 2.24. The van der Waals surface area contributed by atoms with Crippen LogP contribution < -0.4 is 10.1 Å². The summed E-state index contributed by atoms with van der Waals surface area (Å²) < 4.78 is 30.1. The highest BCUT2D eigenvalue weighted by molar-refractivity contribution is 7.92. The Hall–Kier alpha value is -3.12. The lowest BCUT2D eigenvalue weighted by Gasteiger charge is -2.10. The molecule has 28 heavy (non-hydrogen) atoms. The number of sulfone groups is 1. The summed E-state index contributed by atoms with van der Waals surface area (Å²) in [6.45, 7) is 3.25. The van der Waals surface area contributed by atoms with Crippen LogP contribution >= 0.6 is 0 Å². The van der Waals surface area contributed by atoms with Gasteiger partial charge < -0.3 is 10.1 Å². The van der Waals surface area contributed by atoms with Gasteiger partial charge in [0.05, 0.1) is 10.1 Å². The van der Waals surface area contributed by atoms with Gasteiger partial charge in [0.2, 0.25) is 0 Å². The zero-order valence-corrected chi connectivity index (χ0v) is 16.4. The van der Waals surface area contributed by atoms with Gasteiger partial charge in [-0.2, -0.15) is 0 Å². The molecule has 1 N–H and O–H groups in total. The molecule has 3 aromatic rings. The number of carbonyl (C=O) groups is 1. The molecule has 0 bridgehead atoms. The number of hydrogen-bond acceptors (Lipinski definition) is 4. The third-order valence-electron chi connectivity index (χ3n) is 4.14. The molecule has 0 unspecified atom stereocenters. The van der Waals surface area contributed by atoms with E-state index in [1.54, 1.807) is 38.1 Å². The van der Waals surface area contributed by atoms with E-state index in [1.165, 1.54) is 24.3 Å². The van der Waals surface area contributed by atoms with Gasteiger partial charge in [-0.1, -0.05) is 24.3 Å². The summed E-state index contributed by atoms with van der Waals surface area (Å²) in [4.78, 5) is 12.7. The summed E-state index contributed by atoms with van der Waals surface area (Å²) in [6, 6.07) is 22.4. The zero-order chi connectivity index (χ0) is 20.1. The summed E-state index contributed by atoms with van der Waals surface area (Å²) in [5.74, 6) is 0.973. The summed E-state index contributed by atoms with van der Waals surface area (Å²) in [5.41, 5.74) is 0.953. The Kier molecular flexibility index (Phi) is 5.80. The smallest absolute Gasteiger partial charge is 0.255 e. The molecule has 0 saturated heterocycles. The van der Waals surface area contributed by atoms with Crippen LogP contribution in [0, 0.1) is 0 Å². The van der Waals surface area contributed by atoms with Crippen LogP contribution in [0.1, 0.15) is 24.2 Å². The predicted octanol–water partition coefficient (Wildman–Crippen LogP) is 4.91. The van der Waals surface area contributed by atoms with E-state index in [-0.39, 0.29) is 10.8 Å². The average molecular weight is 395 g/mol. The van der Waals surface area contributed by atoms with Crippen molar-refractivity contribution in [3.05, 3.63) is 84.4 Å². The van der Waals surface area contributed by atoms with Gasteiger partial charge in [-0.05, 0) is 62.4 Å². The maximum Gasteiger partial charge on any atom is 0.255 e. The quantitative estimate of drug-likeness (QED) is 0.643. The number of amides is 1. The van der Waals surface area contributed by atoms with Gasteiger partial charge in [0.25, 0.3) is 5.91 Å². The van der Waals surface area contributed by atoms with Gasteiger partial charge in [-0.25, -0.2) is 8.42 Å². The van der Waals surface area contributed by atoms with Crippen LogP contribution in [0.25, 0.3) is 0 Å². The fraction of sp³-hybridized carbons (Fsp3) is 0.136. The number of carbonyl (C=O) groups excluding carboxylic acids is 1. The van der Waals surface area contributed by atoms with E-state index in [0.717, 1.165) is 0 Å². The minimum absolute atomic E-state index is 0.206. The maximum atomic E-state index is 12.5. The largest absolute Gasteiger partial charge is 0.457 e. The van der Waals surface area contributed by atoms with Crippen LogP contribution in [0.5, 0.6) is 11.5 Å². The van der Waals surface area contributed by atoms with Gasteiger partial charge in [-0.15, -0.1) is 0 Å². The minimum Gasteiger partial charge on any atom is -0.457 e.